The van der Waals surface area contributed by atoms with Gasteiger partial charge in [0.25, 0.3) is 5.69 Å². The summed E-state index contributed by atoms with van der Waals surface area (Å²) >= 11 is 0. The highest BCUT2D eigenvalue weighted by atomic mass is 16.6. The summed E-state index contributed by atoms with van der Waals surface area (Å²) in [4.78, 5) is 16.9. The van der Waals surface area contributed by atoms with Crippen molar-refractivity contribution in [3.05, 3.63) is 27.9 Å². The van der Waals surface area contributed by atoms with Gasteiger partial charge in [-0.25, -0.2) is 4.98 Å². The highest BCUT2D eigenvalue weighted by Crippen LogP contribution is 2.24. The Morgan fingerprint density at radius 3 is 2.75 bits per heavy atom. The minimum atomic E-state index is -0.396. The molecular weight excluding hydrogens is 256 g/mol. The quantitative estimate of drug-likeness (QED) is 0.660. The molecule has 1 aromatic rings. The summed E-state index contributed by atoms with van der Waals surface area (Å²) in [5, 5.41) is 14.1. The lowest BCUT2D eigenvalue weighted by molar-refractivity contribution is -0.385. The molecule has 110 valence electrons. The zero-order chi connectivity index (χ0) is 14.5. The topological polar surface area (TPSA) is 71.3 Å². The molecule has 6 heteroatoms. The summed E-state index contributed by atoms with van der Waals surface area (Å²) < 4.78 is 0. The molecule has 0 unspecified atom stereocenters. The Hall–Kier alpha value is -1.69. The first kappa shape index (κ1) is 14.7. The highest BCUT2D eigenvalue weighted by molar-refractivity contribution is 5.50. The van der Waals surface area contributed by atoms with Crippen LogP contribution in [0.2, 0.25) is 0 Å². The second-order valence-electron chi connectivity index (χ2n) is 5.32. The molecule has 1 aromatic heterocycles. The number of aryl methyl sites for hydroxylation is 1. The average molecular weight is 278 g/mol. The van der Waals surface area contributed by atoms with E-state index in [0.29, 0.717) is 5.92 Å². The van der Waals surface area contributed by atoms with Crippen LogP contribution >= 0.6 is 0 Å². The van der Waals surface area contributed by atoms with Crippen molar-refractivity contribution in [3.63, 3.8) is 0 Å². The van der Waals surface area contributed by atoms with Gasteiger partial charge in [0.05, 0.1) is 4.92 Å². The van der Waals surface area contributed by atoms with E-state index in [1.807, 2.05) is 6.92 Å². The molecule has 0 saturated carbocycles. The van der Waals surface area contributed by atoms with Crippen LogP contribution in [0.15, 0.2) is 12.3 Å². The molecule has 2 heterocycles. The van der Waals surface area contributed by atoms with Crippen LogP contribution in [0.25, 0.3) is 0 Å². The van der Waals surface area contributed by atoms with Gasteiger partial charge in [-0.15, -0.1) is 0 Å². The van der Waals surface area contributed by atoms with Gasteiger partial charge in [0.2, 0.25) is 0 Å². The number of aromatic nitrogens is 1. The van der Waals surface area contributed by atoms with Crippen molar-refractivity contribution in [1.29, 1.82) is 0 Å². The van der Waals surface area contributed by atoms with Gasteiger partial charge in [-0.2, -0.15) is 0 Å². The number of rotatable bonds is 5. The van der Waals surface area contributed by atoms with Crippen LogP contribution < -0.4 is 10.2 Å². The van der Waals surface area contributed by atoms with E-state index in [4.69, 9.17) is 0 Å². The molecule has 0 bridgehead atoms. The lowest BCUT2D eigenvalue weighted by Crippen LogP contribution is -2.36. The number of pyridine rings is 1. The fourth-order valence-electron chi connectivity index (χ4n) is 2.72. The van der Waals surface area contributed by atoms with E-state index in [0.717, 1.165) is 37.6 Å². The van der Waals surface area contributed by atoms with E-state index in [2.05, 4.69) is 22.1 Å². The molecule has 2 rings (SSSR count). The smallest absolute Gasteiger partial charge is 0.287 e. The number of nitrogens with one attached hydrogen (secondary N) is 1. The monoisotopic (exact) mass is 278 g/mol. The van der Waals surface area contributed by atoms with E-state index in [1.165, 1.54) is 19.0 Å². The van der Waals surface area contributed by atoms with Crippen LogP contribution in [0.3, 0.4) is 0 Å². The van der Waals surface area contributed by atoms with Crippen LogP contribution in [0, 0.1) is 23.0 Å². The van der Waals surface area contributed by atoms with E-state index in [1.54, 1.807) is 6.07 Å². The van der Waals surface area contributed by atoms with Crippen molar-refractivity contribution in [2.75, 3.05) is 31.1 Å². The third-order valence-electron chi connectivity index (χ3n) is 3.87. The molecule has 1 saturated heterocycles. The summed E-state index contributed by atoms with van der Waals surface area (Å²) in [6.45, 7) is 7.99. The molecule has 0 radical (unpaired) electrons. The average Bonchev–Trinajstić information content (AvgIpc) is 2.46. The van der Waals surface area contributed by atoms with Crippen molar-refractivity contribution in [2.45, 2.75) is 26.7 Å². The SMILES string of the molecule is CCN(CC1CCNCC1)c1ncc([N+](=O)[O-])cc1C. The Labute approximate surface area is 119 Å². The summed E-state index contributed by atoms with van der Waals surface area (Å²) in [6, 6.07) is 1.60. The van der Waals surface area contributed by atoms with Crippen LogP contribution in [0.4, 0.5) is 11.5 Å². The first-order valence-electron chi connectivity index (χ1n) is 7.18. The Morgan fingerprint density at radius 2 is 2.20 bits per heavy atom. The molecule has 1 aliphatic heterocycles. The fourth-order valence-corrected chi connectivity index (χ4v) is 2.72. The fraction of sp³-hybridized carbons (Fsp3) is 0.643. The third kappa shape index (κ3) is 3.45. The van der Waals surface area contributed by atoms with Gasteiger partial charge >= 0.3 is 0 Å². The molecule has 0 atom stereocenters. The van der Waals surface area contributed by atoms with Crippen LogP contribution in [0.5, 0.6) is 0 Å². The Morgan fingerprint density at radius 1 is 1.50 bits per heavy atom. The number of piperidine rings is 1. The number of hydrogen-bond acceptors (Lipinski definition) is 5. The van der Waals surface area contributed by atoms with Gasteiger partial charge in [-0.05, 0) is 51.3 Å². The maximum atomic E-state index is 10.8. The number of nitro groups is 1. The molecule has 0 spiro atoms. The van der Waals surface area contributed by atoms with Crippen molar-refractivity contribution in [2.24, 2.45) is 5.92 Å². The maximum absolute atomic E-state index is 10.8. The lowest BCUT2D eigenvalue weighted by Gasteiger charge is -2.30. The van der Waals surface area contributed by atoms with E-state index in [-0.39, 0.29) is 5.69 Å². The molecule has 1 N–H and O–H groups in total. The lowest BCUT2D eigenvalue weighted by atomic mass is 9.97. The Bertz CT molecular complexity index is 472. The maximum Gasteiger partial charge on any atom is 0.287 e. The van der Waals surface area contributed by atoms with Crippen molar-refractivity contribution >= 4 is 11.5 Å². The molecular formula is C14H22N4O2. The van der Waals surface area contributed by atoms with E-state index >= 15 is 0 Å². The second-order valence-corrected chi connectivity index (χ2v) is 5.32. The molecule has 0 aromatic carbocycles. The summed E-state index contributed by atoms with van der Waals surface area (Å²) in [6.07, 6.45) is 3.72. The van der Waals surface area contributed by atoms with Crippen molar-refractivity contribution in [1.82, 2.24) is 10.3 Å². The third-order valence-corrected chi connectivity index (χ3v) is 3.87. The molecule has 20 heavy (non-hydrogen) atoms. The van der Waals surface area contributed by atoms with E-state index in [9.17, 15) is 10.1 Å². The van der Waals surface area contributed by atoms with Gasteiger partial charge < -0.3 is 10.2 Å². The van der Waals surface area contributed by atoms with Gasteiger partial charge in [0.1, 0.15) is 12.0 Å². The minimum absolute atomic E-state index is 0.0594. The summed E-state index contributed by atoms with van der Waals surface area (Å²) in [7, 11) is 0. The summed E-state index contributed by atoms with van der Waals surface area (Å²) in [5.74, 6) is 1.55. The van der Waals surface area contributed by atoms with Gasteiger partial charge in [-0.3, -0.25) is 10.1 Å². The predicted octanol–water partition coefficient (Wildman–Crippen LogP) is 2.12. The number of anilines is 1. The van der Waals surface area contributed by atoms with Gasteiger partial charge in [0, 0.05) is 19.2 Å². The molecule has 0 aliphatic carbocycles. The van der Waals surface area contributed by atoms with Crippen LogP contribution in [-0.2, 0) is 0 Å². The van der Waals surface area contributed by atoms with Crippen LogP contribution in [-0.4, -0.2) is 36.1 Å². The Balaban J connectivity index is 2.12. The first-order chi connectivity index (χ1) is 9.61. The predicted molar refractivity (Wildman–Crippen MR) is 79.1 cm³/mol. The van der Waals surface area contributed by atoms with Crippen LogP contribution in [0.1, 0.15) is 25.3 Å². The number of hydrogen-bond donors (Lipinski definition) is 1. The normalized spacial score (nSPS) is 16.1. The van der Waals surface area contributed by atoms with Gasteiger partial charge in [0.15, 0.2) is 0 Å². The number of nitrogens with zero attached hydrogens (tertiary/aromatic N) is 3. The van der Waals surface area contributed by atoms with Gasteiger partial charge in [-0.1, -0.05) is 0 Å². The van der Waals surface area contributed by atoms with Crippen molar-refractivity contribution in [3.8, 4) is 0 Å². The van der Waals surface area contributed by atoms with E-state index < -0.39 is 4.92 Å². The summed E-state index contributed by atoms with van der Waals surface area (Å²) in [5.41, 5.74) is 0.930. The Kier molecular flexibility index (Phi) is 4.89. The molecule has 1 aliphatic rings. The second kappa shape index (κ2) is 6.65. The molecule has 6 nitrogen and oxygen atoms in total. The minimum Gasteiger partial charge on any atom is -0.356 e. The largest absolute Gasteiger partial charge is 0.356 e. The first-order valence-corrected chi connectivity index (χ1v) is 7.18. The standard InChI is InChI=1S/C14H22N4O2/c1-3-17(10-12-4-6-15-7-5-12)14-11(2)8-13(9-16-14)18(19)20/h8-9,12,15H,3-7,10H2,1-2H3. The van der Waals surface area contributed by atoms with Crippen molar-refractivity contribution < 1.29 is 4.92 Å². The zero-order valence-corrected chi connectivity index (χ0v) is 12.1. The molecule has 0 amide bonds. The molecule has 1 fully saturated rings. The zero-order valence-electron chi connectivity index (χ0n) is 12.1. The highest BCUT2D eigenvalue weighted by Gasteiger charge is 2.19.